The number of allylic oxidation sites excluding steroid dienone is 3. The van der Waals surface area contributed by atoms with Crippen molar-refractivity contribution in [1.82, 2.24) is 5.32 Å². The number of Topliss-reactive ketones (excluding diaryl/α,β-unsaturated/α-hetero) is 1. The van der Waals surface area contributed by atoms with E-state index >= 15 is 0 Å². The number of dihydropyridines is 1. The normalized spacial score (nSPS) is 20.6. The van der Waals surface area contributed by atoms with Gasteiger partial charge in [0.2, 0.25) is 0 Å². The van der Waals surface area contributed by atoms with E-state index in [0.717, 1.165) is 29.8 Å². The number of hydrogen-bond acceptors (Lipinski definition) is 4. The lowest BCUT2D eigenvalue weighted by atomic mass is 9.75. The zero-order chi connectivity index (χ0) is 17.3. The molecule has 0 spiro atoms. The molecule has 3 rings (SSSR count). The first-order valence-electron chi connectivity index (χ1n) is 8.19. The van der Waals surface area contributed by atoms with Gasteiger partial charge in [0.1, 0.15) is 0 Å². The van der Waals surface area contributed by atoms with Gasteiger partial charge in [-0.1, -0.05) is 23.7 Å². The molecule has 4 nitrogen and oxygen atoms in total. The molecule has 2 aliphatic rings. The van der Waals surface area contributed by atoms with Crippen LogP contribution in [-0.2, 0) is 14.3 Å². The van der Waals surface area contributed by atoms with Crippen molar-refractivity contribution >= 4 is 23.4 Å². The number of hydrogen-bond donors (Lipinski definition) is 1. The molecule has 5 heteroatoms. The van der Waals surface area contributed by atoms with Crippen molar-refractivity contribution in [3.05, 3.63) is 57.4 Å². The molecule has 24 heavy (non-hydrogen) atoms. The third-order valence-electron chi connectivity index (χ3n) is 4.45. The third kappa shape index (κ3) is 2.98. The Kier molecular flexibility index (Phi) is 4.76. The molecule has 0 saturated carbocycles. The van der Waals surface area contributed by atoms with Crippen molar-refractivity contribution in [2.75, 3.05) is 6.61 Å². The molecular weight excluding hydrogens is 326 g/mol. The maximum atomic E-state index is 12.6. The van der Waals surface area contributed by atoms with Crippen molar-refractivity contribution in [2.45, 2.75) is 39.0 Å². The van der Waals surface area contributed by atoms with E-state index in [0.29, 0.717) is 22.6 Å². The van der Waals surface area contributed by atoms with Gasteiger partial charge in [-0.15, -0.1) is 0 Å². The minimum atomic E-state index is -0.424. The number of benzene rings is 1. The SMILES string of the molecule is CCOC(=O)C1=C(C)NC2=C(C(=O)CCC2)C1c1cccc(Cl)c1. The standard InChI is InChI=1S/C19H20ClNO3/c1-3-24-19(23)16-11(2)21-14-8-5-9-15(22)18(14)17(16)12-6-4-7-13(20)10-12/h4,6-7,10,17,21H,3,5,8-9H2,1-2H3. The van der Waals surface area contributed by atoms with Gasteiger partial charge in [-0.3, -0.25) is 4.79 Å². The number of nitrogens with one attached hydrogen (secondary N) is 1. The monoisotopic (exact) mass is 345 g/mol. The summed E-state index contributed by atoms with van der Waals surface area (Å²) in [5.41, 5.74) is 3.67. The highest BCUT2D eigenvalue weighted by Crippen LogP contribution is 2.42. The maximum absolute atomic E-state index is 12.6. The summed E-state index contributed by atoms with van der Waals surface area (Å²) < 4.78 is 5.25. The maximum Gasteiger partial charge on any atom is 0.336 e. The molecular formula is C19H20ClNO3. The van der Waals surface area contributed by atoms with E-state index in [1.807, 2.05) is 25.1 Å². The van der Waals surface area contributed by atoms with Crippen LogP contribution in [0.1, 0.15) is 44.6 Å². The smallest absolute Gasteiger partial charge is 0.336 e. The van der Waals surface area contributed by atoms with Crippen LogP contribution in [0.15, 0.2) is 46.8 Å². The summed E-state index contributed by atoms with van der Waals surface area (Å²) in [6.07, 6.45) is 2.15. The fraction of sp³-hybridized carbons (Fsp3) is 0.368. The molecule has 0 aromatic heterocycles. The number of carbonyl (C=O) groups is 2. The van der Waals surface area contributed by atoms with Crippen LogP contribution in [0.4, 0.5) is 0 Å². The Hall–Kier alpha value is -2.07. The van der Waals surface area contributed by atoms with E-state index in [1.165, 1.54) is 0 Å². The van der Waals surface area contributed by atoms with Gasteiger partial charge in [0.25, 0.3) is 0 Å². The second-order valence-electron chi connectivity index (χ2n) is 6.04. The van der Waals surface area contributed by atoms with E-state index in [1.54, 1.807) is 13.0 Å². The highest BCUT2D eigenvalue weighted by molar-refractivity contribution is 6.30. The van der Waals surface area contributed by atoms with Crippen molar-refractivity contribution in [3.63, 3.8) is 0 Å². The quantitative estimate of drug-likeness (QED) is 0.845. The number of carbonyl (C=O) groups excluding carboxylic acids is 2. The first-order chi connectivity index (χ1) is 11.5. The fourth-order valence-corrected chi connectivity index (χ4v) is 3.68. The lowest BCUT2D eigenvalue weighted by Gasteiger charge is -2.34. The Bertz CT molecular complexity index is 764. The molecule has 0 bridgehead atoms. The number of esters is 1. The Morgan fingerprint density at radius 3 is 2.88 bits per heavy atom. The van der Waals surface area contributed by atoms with Gasteiger partial charge in [0.15, 0.2) is 5.78 Å². The second kappa shape index (κ2) is 6.81. The summed E-state index contributed by atoms with van der Waals surface area (Å²) in [4.78, 5) is 25.2. The molecule has 1 atom stereocenters. The Morgan fingerprint density at radius 1 is 1.38 bits per heavy atom. The molecule has 0 amide bonds. The summed E-state index contributed by atoms with van der Waals surface area (Å²) in [6.45, 7) is 3.92. The van der Waals surface area contributed by atoms with Gasteiger partial charge in [0, 0.05) is 34.3 Å². The molecule has 126 valence electrons. The molecule has 1 aromatic rings. The van der Waals surface area contributed by atoms with Crippen LogP contribution in [-0.4, -0.2) is 18.4 Å². The zero-order valence-electron chi connectivity index (χ0n) is 13.8. The first-order valence-corrected chi connectivity index (χ1v) is 8.57. The van der Waals surface area contributed by atoms with E-state index in [-0.39, 0.29) is 12.4 Å². The fourth-order valence-electron chi connectivity index (χ4n) is 3.48. The predicted octanol–water partition coefficient (Wildman–Crippen LogP) is 3.87. The third-order valence-corrected chi connectivity index (χ3v) is 4.69. The minimum Gasteiger partial charge on any atom is -0.463 e. The first kappa shape index (κ1) is 16.8. The molecule has 0 fully saturated rings. The summed E-state index contributed by atoms with van der Waals surface area (Å²) in [7, 11) is 0. The van der Waals surface area contributed by atoms with Gasteiger partial charge < -0.3 is 10.1 Å². The van der Waals surface area contributed by atoms with Gasteiger partial charge in [0.05, 0.1) is 12.2 Å². The summed E-state index contributed by atoms with van der Waals surface area (Å²) in [6, 6.07) is 7.34. The van der Waals surface area contributed by atoms with Crippen LogP contribution in [0, 0.1) is 0 Å². The highest BCUT2D eigenvalue weighted by Gasteiger charge is 2.38. The van der Waals surface area contributed by atoms with Crippen molar-refractivity contribution < 1.29 is 14.3 Å². The average molecular weight is 346 g/mol. The van der Waals surface area contributed by atoms with Crippen LogP contribution in [0.5, 0.6) is 0 Å². The number of halogens is 1. The Labute approximate surface area is 146 Å². The molecule has 1 aromatic carbocycles. The second-order valence-corrected chi connectivity index (χ2v) is 6.48. The summed E-state index contributed by atoms with van der Waals surface area (Å²) >= 11 is 6.15. The molecule has 0 saturated heterocycles. The van der Waals surface area contributed by atoms with Gasteiger partial charge in [-0.25, -0.2) is 4.79 Å². The van der Waals surface area contributed by atoms with E-state index in [4.69, 9.17) is 16.3 Å². The highest BCUT2D eigenvalue weighted by atomic mass is 35.5. The van der Waals surface area contributed by atoms with Crippen molar-refractivity contribution in [1.29, 1.82) is 0 Å². The van der Waals surface area contributed by atoms with Gasteiger partial charge in [-0.05, 0) is 44.4 Å². The molecule has 1 aliphatic heterocycles. The minimum absolute atomic E-state index is 0.0861. The lowest BCUT2D eigenvalue weighted by Crippen LogP contribution is -2.34. The zero-order valence-corrected chi connectivity index (χ0v) is 14.6. The molecule has 1 unspecified atom stereocenters. The topological polar surface area (TPSA) is 55.4 Å². The van der Waals surface area contributed by atoms with E-state index in [2.05, 4.69) is 5.32 Å². The molecule has 1 aliphatic carbocycles. The molecule has 1 N–H and O–H groups in total. The Balaban J connectivity index is 2.17. The Morgan fingerprint density at radius 2 is 2.17 bits per heavy atom. The summed E-state index contributed by atoms with van der Waals surface area (Å²) in [5.74, 6) is -0.729. The van der Waals surface area contributed by atoms with Gasteiger partial charge >= 0.3 is 5.97 Å². The number of ketones is 1. The van der Waals surface area contributed by atoms with Gasteiger partial charge in [-0.2, -0.15) is 0 Å². The number of rotatable bonds is 3. The lowest BCUT2D eigenvalue weighted by molar-refractivity contribution is -0.138. The number of ether oxygens (including phenoxy) is 1. The van der Waals surface area contributed by atoms with Crippen LogP contribution < -0.4 is 5.32 Å². The summed E-state index contributed by atoms with van der Waals surface area (Å²) in [5, 5.41) is 3.84. The van der Waals surface area contributed by atoms with Crippen LogP contribution in [0.2, 0.25) is 5.02 Å². The molecule has 0 radical (unpaired) electrons. The van der Waals surface area contributed by atoms with E-state index in [9.17, 15) is 9.59 Å². The largest absolute Gasteiger partial charge is 0.463 e. The molecule has 1 heterocycles. The van der Waals surface area contributed by atoms with Crippen LogP contribution >= 0.6 is 11.6 Å². The van der Waals surface area contributed by atoms with Crippen molar-refractivity contribution in [3.8, 4) is 0 Å². The predicted molar refractivity (Wildman–Crippen MR) is 92.5 cm³/mol. The van der Waals surface area contributed by atoms with Crippen molar-refractivity contribution in [2.24, 2.45) is 0 Å². The average Bonchev–Trinajstić information content (AvgIpc) is 2.54. The van der Waals surface area contributed by atoms with E-state index < -0.39 is 11.9 Å². The van der Waals surface area contributed by atoms with Crippen LogP contribution in [0.3, 0.4) is 0 Å². The van der Waals surface area contributed by atoms with Crippen LogP contribution in [0.25, 0.3) is 0 Å².